The number of anilines is 1. The van der Waals surface area contributed by atoms with E-state index in [0.29, 0.717) is 31.1 Å². The van der Waals surface area contributed by atoms with Crippen molar-refractivity contribution in [1.82, 2.24) is 9.21 Å². The molecule has 2 heterocycles. The molecule has 0 saturated carbocycles. The fourth-order valence-corrected chi connectivity index (χ4v) is 5.59. The summed E-state index contributed by atoms with van der Waals surface area (Å²) in [7, 11) is -2.02. The molecule has 8 nitrogen and oxygen atoms in total. The maximum atomic E-state index is 13.1. The number of ether oxygens (including phenoxy) is 1. The average molecular weight is 458 g/mol. The second-order valence-electron chi connectivity index (χ2n) is 8.15. The quantitative estimate of drug-likeness (QED) is 0.684. The van der Waals surface area contributed by atoms with Crippen molar-refractivity contribution in [1.29, 1.82) is 0 Å². The van der Waals surface area contributed by atoms with Gasteiger partial charge in [0.05, 0.1) is 17.9 Å². The molecule has 0 spiro atoms. The smallest absolute Gasteiger partial charge is 0.243 e. The number of methoxy groups -OCH3 is 1. The molecule has 2 fully saturated rings. The van der Waals surface area contributed by atoms with Crippen molar-refractivity contribution >= 4 is 27.5 Å². The molecule has 2 saturated heterocycles. The Morgan fingerprint density at radius 3 is 2.38 bits per heavy atom. The number of carbonyl (C=O) groups excluding carboxylic acids is 2. The maximum Gasteiger partial charge on any atom is 0.243 e. The lowest BCUT2D eigenvalue weighted by Gasteiger charge is -2.35. The lowest BCUT2D eigenvalue weighted by molar-refractivity contribution is -0.136. The van der Waals surface area contributed by atoms with E-state index in [2.05, 4.69) is 0 Å². The van der Waals surface area contributed by atoms with Crippen LogP contribution in [-0.4, -0.2) is 69.3 Å². The summed E-state index contributed by atoms with van der Waals surface area (Å²) in [6, 6.07) is 14.0. The van der Waals surface area contributed by atoms with Crippen molar-refractivity contribution in [3.05, 3.63) is 54.1 Å². The molecule has 0 aromatic heterocycles. The Morgan fingerprint density at radius 2 is 1.72 bits per heavy atom. The van der Waals surface area contributed by atoms with Crippen LogP contribution in [-0.2, 0) is 19.6 Å². The van der Waals surface area contributed by atoms with Crippen LogP contribution in [0.15, 0.2) is 53.4 Å². The molecule has 2 aliphatic rings. The summed E-state index contributed by atoms with van der Waals surface area (Å²) in [5.41, 5.74) is 1.70. The van der Waals surface area contributed by atoms with E-state index in [1.165, 1.54) is 4.31 Å². The molecule has 2 amide bonds. The molecule has 0 unspecified atom stereocenters. The molecular weight excluding hydrogens is 430 g/mol. The van der Waals surface area contributed by atoms with Gasteiger partial charge in [0.1, 0.15) is 5.75 Å². The summed E-state index contributed by atoms with van der Waals surface area (Å²) in [5, 5.41) is 0. The number of aryl methyl sites for hydroxylation is 1. The van der Waals surface area contributed by atoms with E-state index in [1.54, 1.807) is 53.3 Å². The second-order valence-corrected chi connectivity index (χ2v) is 10.1. The first-order valence-electron chi connectivity index (χ1n) is 10.6. The number of sulfonamides is 1. The third kappa shape index (κ3) is 4.35. The SMILES string of the molecule is COc1cccc(N2C[C@H](C(=O)N3CCN(S(=O)(=O)c4ccc(C)cc4)CC3)CC2=O)c1. The first-order chi connectivity index (χ1) is 15.3. The van der Waals surface area contributed by atoms with E-state index < -0.39 is 15.9 Å². The Kier molecular flexibility index (Phi) is 6.21. The van der Waals surface area contributed by atoms with Gasteiger partial charge in [-0.05, 0) is 31.2 Å². The summed E-state index contributed by atoms with van der Waals surface area (Å²) in [4.78, 5) is 29.2. The molecule has 4 rings (SSSR count). The molecule has 2 aromatic carbocycles. The molecular formula is C23H27N3O5S. The average Bonchev–Trinajstić information content (AvgIpc) is 3.20. The van der Waals surface area contributed by atoms with Crippen LogP contribution < -0.4 is 9.64 Å². The number of hydrogen-bond acceptors (Lipinski definition) is 5. The minimum Gasteiger partial charge on any atom is -0.497 e. The van der Waals surface area contributed by atoms with Crippen LogP contribution in [0.1, 0.15) is 12.0 Å². The highest BCUT2D eigenvalue weighted by Crippen LogP contribution is 2.29. The van der Waals surface area contributed by atoms with Gasteiger partial charge in [-0.3, -0.25) is 9.59 Å². The fourth-order valence-electron chi connectivity index (χ4n) is 4.17. The van der Waals surface area contributed by atoms with Gasteiger partial charge in [-0.15, -0.1) is 0 Å². The predicted octanol–water partition coefficient (Wildman–Crippen LogP) is 1.89. The number of nitrogens with zero attached hydrogens (tertiary/aromatic N) is 3. The number of benzene rings is 2. The number of hydrogen-bond donors (Lipinski definition) is 0. The standard InChI is InChI=1S/C23H27N3O5S/c1-17-6-8-21(9-7-17)32(29,30)25-12-10-24(11-13-25)23(28)18-14-22(27)26(16-18)19-4-3-5-20(15-19)31-2/h3-9,15,18H,10-14,16H2,1-2H3/t18-/m1/s1. The van der Waals surface area contributed by atoms with Gasteiger partial charge in [-0.2, -0.15) is 4.31 Å². The highest BCUT2D eigenvalue weighted by Gasteiger charge is 2.39. The largest absolute Gasteiger partial charge is 0.497 e. The minimum absolute atomic E-state index is 0.0998. The van der Waals surface area contributed by atoms with Crippen LogP contribution in [0.5, 0.6) is 5.75 Å². The van der Waals surface area contributed by atoms with E-state index in [-0.39, 0.29) is 36.2 Å². The fraction of sp³-hybridized carbons (Fsp3) is 0.391. The molecule has 0 aliphatic carbocycles. The Labute approximate surface area is 188 Å². The van der Waals surface area contributed by atoms with E-state index in [0.717, 1.165) is 5.56 Å². The van der Waals surface area contributed by atoms with E-state index in [4.69, 9.17) is 4.74 Å². The van der Waals surface area contributed by atoms with Crippen molar-refractivity contribution in [2.24, 2.45) is 5.92 Å². The van der Waals surface area contributed by atoms with Crippen LogP contribution in [0.4, 0.5) is 5.69 Å². The van der Waals surface area contributed by atoms with Gasteiger partial charge in [-0.25, -0.2) is 8.42 Å². The third-order valence-electron chi connectivity index (χ3n) is 6.05. The summed E-state index contributed by atoms with van der Waals surface area (Å²) in [5.74, 6) is 0.0123. The number of rotatable bonds is 5. The van der Waals surface area contributed by atoms with Crippen molar-refractivity contribution in [2.45, 2.75) is 18.2 Å². The Bertz CT molecular complexity index is 1110. The molecule has 0 N–H and O–H groups in total. The van der Waals surface area contributed by atoms with Gasteiger partial charge in [0, 0.05) is 50.9 Å². The molecule has 2 aromatic rings. The van der Waals surface area contributed by atoms with E-state index in [1.807, 2.05) is 19.1 Å². The third-order valence-corrected chi connectivity index (χ3v) is 7.96. The molecule has 9 heteroatoms. The first kappa shape index (κ1) is 22.3. The van der Waals surface area contributed by atoms with Crippen LogP contribution in [0, 0.1) is 12.8 Å². The van der Waals surface area contributed by atoms with Crippen LogP contribution in [0.25, 0.3) is 0 Å². The van der Waals surface area contributed by atoms with Crippen molar-refractivity contribution in [3.63, 3.8) is 0 Å². The summed E-state index contributed by atoms with van der Waals surface area (Å²) < 4.78 is 32.4. The highest BCUT2D eigenvalue weighted by atomic mass is 32.2. The van der Waals surface area contributed by atoms with Gasteiger partial charge in [0.15, 0.2) is 0 Å². The summed E-state index contributed by atoms with van der Waals surface area (Å²) in [6.07, 6.45) is 0.151. The zero-order chi connectivity index (χ0) is 22.9. The van der Waals surface area contributed by atoms with Crippen LogP contribution in [0.2, 0.25) is 0 Å². The number of piperazine rings is 1. The highest BCUT2D eigenvalue weighted by molar-refractivity contribution is 7.89. The second kappa shape index (κ2) is 8.91. The molecule has 170 valence electrons. The Morgan fingerprint density at radius 1 is 1.03 bits per heavy atom. The number of amides is 2. The topological polar surface area (TPSA) is 87.2 Å². The normalized spacial score (nSPS) is 19.9. The maximum absolute atomic E-state index is 13.1. The summed E-state index contributed by atoms with van der Waals surface area (Å²) >= 11 is 0. The predicted molar refractivity (Wildman–Crippen MR) is 120 cm³/mol. The van der Waals surface area contributed by atoms with E-state index >= 15 is 0 Å². The van der Waals surface area contributed by atoms with Gasteiger partial charge < -0.3 is 14.5 Å². The lowest BCUT2D eigenvalue weighted by atomic mass is 10.1. The molecule has 1 atom stereocenters. The molecule has 0 bridgehead atoms. The van der Waals surface area contributed by atoms with Crippen LogP contribution >= 0.6 is 0 Å². The monoisotopic (exact) mass is 457 g/mol. The van der Waals surface area contributed by atoms with Gasteiger partial charge in [0.25, 0.3) is 0 Å². The lowest BCUT2D eigenvalue weighted by Crippen LogP contribution is -2.52. The molecule has 2 aliphatic heterocycles. The molecule has 32 heavy (non-hydrogen) atoms. The van der Waals surface area contributed by atoms with Gasteiger partial charge in [0.2, 0.25) is 21.8 Å². The molecule has 0 radical (unpaired) electrons. The van der Waals surface area contributed by atoms with Crippen molar-refractivity contribution in [3.8, 4) is 5.75 Å². The van der Waals surface area contributed by atoms with Gasteiger partial charge in [-0.1, -0.05) is 23.8 Å². The minimum atomic E-state index is -3.59. The Balaban J connectivity index is 1.38. The van der Waals surface area contributed by atoms with Crippen LogP contribution in [0.3, 0.4) is 0 Å². The summed E-state index contributed by atoms with van der Waals surface area (Å²) in [6.45, 7) is 3.32. The first-order valence-corrected chi connectivity index (χ1v) is 12.0. The zero-order valence-electron chi connectivity index (χ0n) is 18.2. The van der Waals surface area contributed by atoms with Crippen molar-refractivity contribution in [2.75, 3.05) is 44.7 Å². The van der Waals surface area contributed by atoms with Crippen molar-refractivity contribution < 1.29 is 22.7 Å². The van der Waals surface area contributed by atoms with Gasteiger partial charge >= 0.3 is 0 Å². The zero-order valence-corrected chi connectivity index (χ0v) is 19.0. The number of carbonyl (C=O) groups is 2. The Hall–Kier alpha value is -2.91. The van der Waals surface area contributed by atoms with E-state index in [9.17, 15) is 18.0 Å².